The minimum atomic E-state index is 0.274. The molecule has 0 saturated carbocycles. The van der Waals surface area contributed by atoms with Crippen LogP contribution in [0.5, 0.6) is 0 Å². The first-order valence-corrected chi connectivity index (χ1v) is 7.26. The molecule has 2 aliphatic rings. The van der Waals surface area contributed by atoms with Crippen LogP contribution < -0.4 is 11.3 Å². The minimum absolute atomic E-state index is 0.274. The van der Waals surface area contributed by atoms with Gasteiger partial charge in [0.05, 0.1) is 12.2 Å². The number of nitrogens with zero attached hydrogens (tertiary/aromatic N) is 1. The Bertz CT molecular complexity index is 428. The molecule has 3 rings (SSSR count). The lowest BCUT2D eigenvalue weighted by Crippen LogP contribution is -2.45. The second kappa shape index (κ2) is 5.25. The Labute approximate surface area is 115 Å². The first-order chi connectivity index (χ1) is 8.76. The Hall–Kier alpha value is -0.490. The van der Waals surface area contributed by atoms with Gasteiger partial charge in [0, 0.05) is 28.8 Å². The normalized spacial score (nSPS) is 31.8. The van der Waals surface area contributed by atoms with Gasteiger partial charge in [-0.3, -0.25) is 16.3 Å². The van der Waals surface area contributed by atoms with Crippen molar-refractivity contribution in [2.24, 2.45) is 11.8 Å². The monoisotopic (exact) mass is 311 g/mol. The fourth-order valence-corrected chi connectivity index (χ4v) is 3.67. The van der Waals surface area contributed by atoms with E-state index in [4.69, 9.17) is 10.6 Å². The molecule has 4 nitrogen and oxygen atoms in total. The third-order valence-electron chi connectivity index (χ3n) is 4.10. The summed E-state index contributed by atoms with van der Waals surface area (Å²) in [6.07, 6.45) is 9.02. The fourth-order valence-electron chi connectivity index (χ4n) is 3.26. The molecule has 18 heavy (non-hydrogen) atoms. The second-order valence-corrected chi connectivity index (χ2v) is 6.18. The number of nitrogens with two attached hydrogens (primary N) is 1. The number of pyridine rings is 1. The van der Waals surface area contributed by atoms with Crippen molar-refractivity contribution >= 4 is 15.9 Å². The van der Waals surface area contributed by atoms with E-state index in [1.165, 1.54) is 18.4 Å². The lowest BCUT2D eigenvalue weighted by Gasteiger charge is -2.27. The molecule has 2 fully saturated rings. The molecule has 3 N–H and O–H groups in total. The highest BCUT2D eigenvalue weighted by atomic mass is 79.9. The van der Waals surface area contributed by atoms with Crippen LogP contribution in [0.3, 0.4) is 0 Å². The molecule has 2 saturated heterocycles. The number of halogens is 1. The summed E-state index contributed by atoms with van der Waals surface area (Å²) in [4.78, 5) is 4.20. The van der Waals surface area contributed by atoms with E-state index in [0.29, 0.717) is 18.1 Å². The Balaban J connectivity index is 1.69. The van der Waals surface area contributed by atoms with Gasteiger partial charge in [-0.15, -0.1) is 0 Å². The third kappa shape index (κ3) is 2.45. The van der Waals surface area contributed by atoms with Gasteiger partial charge in [0.1, 0.15) is 0 Å². The molecule has 4 atom stereocenters. The molecule has 0 amide bonds. The number of rotatable bonds is 4. The number of aromatic nitrogens is 1. The predicted molar refractivity (Wildman–Crippen MR) is 72.8 cm³/mol. The summed E-state index contributed by atoms with van der Waals surface area (Å²) < 4.78 is 6.92. The Kier molecular flexibility index (Phi) is 3.66. The molecule has 4 unspecified atom stereocenters. The molecule has 0 radical (unpaired) electrons. The summed E-state index contributed by atoms with van der Waals surface area (Å²) in [7, 11) is 0. The highest BCUT2D eigenvalue weighted by Gasteiger charge is 2.44. The standard InChI is InChI=1S/C13H18BrN3O/c14-9-3-8(6-16-7-9)4-12(17-15)11-5-10-1-2-13(11)18-10/h3,6-7,10-13,17H,1-2,4-5,15H2. The quantitative estimate of drug-likeness (QED) is 0.657. The van der Waals surface area contributed by atoms with Crippen LogP contribution in [0, 0.1) is 5.92 Å². The van der Waals surface area contributed by atoms with E-state index < -0.39 is 0 Å². The Morgan fingerprint density at radius 1 is 1.50 bits per heavy atom. The van der Waals surface area contributed by atoms with Gasteiger partial charge < -0.3 is 4.74 Å². The van der Waals surface area contributed by atoms with Gasteiger partial charge in [-0.25, -0.2) is 0 Å². The maximum Gasteiger partial charge on any atom is 0.0624 e. The summed E-state index contributed by atoms with van der Waals surface area (Å²) in [6, 6.07) is 2.38. The third-order valence-corrected chi connectivity index (χ3v) is 4.53. The number of fused-ring (bicyclic) bond motifs is 2. The summed E-state index contributed by atoms with van der Waals surface area (Å²) in [6.45, 7) is 0. The molecule has 0 aliphatic carbocycles. The lowest BCUT2D eigenvalue weighted by molar-refractivity contribution is 0.0857. The van der Waals surface area contributed by atoms with Crippen molar-refractivity contribution in [1.82, 2.24) is 10.4 Å². The van der Waals surface area contributed by atoms with Crippen molar-refractivity contribution in [1.29, 1.82) is 0 Å². The van der Waals surface area contributed by atoms with Gasteiger partial charge >= 0.3 is 0 Å². The molecule has 5 heteroatoms. The Morgan fingerprint density at radius 2 is 2.39 bits per heavy atom. The number of ether oxygens (including phenoxy) is 1. The van der Waals surface area contributed by atoms with E-state index in [2.05, 4.69) is 32.4 Å². The van der Waals surface area contributed by atoms with E-state index in [0.717, 1.165) is 17.3 Å². The molecule has 2 bridgehead atoms. The highest BCUT2D eigenvalue weighted by molar-refractivity contribution is 9.10. The number of nitrogens with one attached hydrogen (secondary N) is 1. The number of hydrazine groups is 1. The van der Waals surface area contributed by atoms with Gasteiger partial charge in [-0.1, -0.05) is 0 Å². The van der Waals surface area contributed by atoms with Crippen molar-refractivity contribution in [3.8, 4) is 0 Å². The second-order valence-electron chi connectivity index (χ2n) is 5.26. The van der Waals surface area contributed by atoms with Gasteiger partial charge in [0.15, 0.2) is 0 Å². The molecule has 1 aromatic heterocycles. The molecule has 2 aliphatic heterocycles. The van der Waals surface area contributed by atoms with Crippen LogP contribution in [0.4, 0.5) is 0 Å². The average Bonchev–Trinajstić information content (AvgIpc) is 2.98. The topological polar surface area (TPSA) is 60.2 Å². The van der Waals surface area contributed by atoms with Crippen molar-refractivity contribution in [3.63, 3.8) is 0 Å². The molecular weight excluding hydrogens is 294 g/mol. The van der Waals surface area contributed by atoms with Crippen molar-refractivity contribution in [2.45, 2.75) is 43.9 Å². The highest BCUT2D eigenvalue weighted by Crippen LogP contribution is 2.40. The van der Waals surface area contributed by atoms with Crippen LogP contribution >= 0.6 is 15.9 Å². The molecule has 0 aromatic carbocycles. The SMILES string of the molecule is NNC(Cc1cncc(Br)c1)C1CC2CCC1O2. The van der Waals surface area contributed by atoms with Crippen LogP contribution in [0.2, 0.25) is 0 Å². The van der Waals surface area contributed by atoms with E-state index >= 15 is 0 Å². The van der Waals surface area contributed by atoms with Gasteiger partial charge in [-0.05, 0) is 53.2 Å². The van der Waals surface area contributed by atoms with Crippen LogP contribution in [0.15, 0.2) is 22.9 Å². The summed E-state index contributed by atoms with van der Waals surface area (Å²) in [5, 5.41) is 0. The average molecular weight is 312 g/mol. The largest absolute Gasteiger partial charge is 0.375 e. The number of hydrogen-bond donors (Lipinski definition) is 2. The van der Waals surface area contributed by atoms with E-state index in [1.54, 1.807) is 6.20 Å². The predicted octanol–water partition coefficient (Wildman–Crippen LogP) is 1.79. The maximum absolute atomic E-state index is 5.91. The molecule has 98 valence electrons. The summed E-state index contributed by atoms with van der Waals surface area (Å²) in [5.74, 6) is 6.27. The van der Waals surface area contributed by atoms with Crippen LogP contribution in [-0.2, 0) is 11.2 Å². The summed E-state index contributed by atoms with van der Waals surface area (Å²) in [5.41, 5.74) is 4.18. The van der Waals surface area contributed by atoms with Crippen molar-refractivity contribution < 1.29 is 4.74 Å². The van der Waals surface area contributed by atoms with E-state index in [9.17, 15) is 0 Å². The molecular formula is C13H18BrN3O. The van der Waals surface area contributed by atoms with Gasteiger partial charge in [0.25, 0.3) is 0 Å². The lowest BCUT2D eigenvalue weighted by atomic mass is 9.82. The summed E-state index contributed by atoms with van der Waals surface area (Å²) >= 11 is 3.45. The van der Waals surface area contributed by atoms with Crippen LogP contribution in [0.1, 0.15) is 24.8 Å². The van der Waals surface area contributed by atoms with E-state index in [1.807, 2.05) is 6.20 Å². The fraction of sp³-hybridized carbons (Fsp3) is 0.615. The van der Waals surface area contributed by atoms with Crippen LogP contribution in [0.25, 0.3) is 0 Å². The molecule has 1 aromatic rings. The molecule has 0 spiro atoms. The first kappa shape index (κ1) is 12.5. The van der Waals surface area contributed by atoms with Crippen molar-refractivity contribution in [3.05, 3.63) is 28.5 Å². The zero-order chi connectivity index (χ0) is 12.5. The smallest absolute Gasteiger partial charge is 0.0624 e. The zero-order valence-corrected chi connectivity index (χ0v) is 11.8. The van der Waals surface area contributed by atoms with E-state index in [-0.39, 0.29) is 6.04 Å². The van der Waals surface area contributed by atoms with Crippen molar-refractivity contribution in [2.75, 3.05) is 0 Å². The Morgan fingerprint density at radius 3 is 3.00 bits per heavy atom. The van der Waals surface area contributed by atoms with Crippen LogP contribution in [-0.4, -0.2) is 23.2 Å². The van der Waals surface area contributed by atoms with Gasteiger partial charge in [-0.2, -0.15) is 0 Å². The minimum Gasteiger partial charge on any atom is -0.375 e. The maximum atomic E-state index is 5.91. The molecule has 3 heterocycles. The van der Waals surface area contributed by atoms with Gasteiger partial charge in [0.2, 0.25) is 0 Å². The number of hydrogen-bond acceptors (Lipinski definition) is 4. The first-order valence-electron chi connectivity index (χ1n) is 6.47. The zero-order valence-electron chi connectivity index (χ0n) is 10.2.